The molecule has 2 saturated carbocycles. The van der Waals surface area contributed by atoms with E-state index in [2.05, 4.69) is 27.9 Å². The Morgan fingerprint density at radius 1 is 1.23 bits per heavy atom. The third-order valence-corrected chi connectivity index (χ3v) is 6.33. The minimum atomic E-state index is 0.0313. The summed E-state index contributed by atoms with van der Waals surface area (Å²) in [5.74, 6) is 2.32. The number of aliphatic imine (C=N–C) groups is 1. The number of hydrogen-bond acceptors (Lipinski definition) is 3. The lowest BCUT2D eigenvalue weighted by molar-refractivity contribution is -0.127. The minimum absolute atomic E-state index is 0.0313. The van der Waals surface area contributed by atoms with Crippen LogP contribution < -0.4 is 10.6 Å². The molecule has 7 nitrogen and oxygen atoms in total. The predicted octanol–water partition coefficient (Wildman–Crippen LogP) is 2.40. The number of carbonyl (C=O) groups excluding carboxylic acids is 1. The van der Waals surface area contributed by atoms with Gasteiger partial charge in [-0.1, -0.05) is 36.8 Å². The average molecular weight is 409 g/mol. The molecule has 2 aliphatic carbocycles. The lowest BCUT2D eigenvalue weighted by Crippen LogP contribution is -2.48. The van der Waals surface area contributed by atoms with Crippen LogP contribution in [0.25, 0.3) is 11.3 Å². The Morgan fingerprint density at radius 2 is 2.03 bits per heavy atom. The first kappa shape index (κ1) is 20.4. The summed E-state index contributed by atoms with van der Waals surface area (Å²) >= 11 is 0. The molecule has 2 aliphatic rings. The Hall–Kier alpha value is -2.83. The second kappa shape index (κ2) is 8.90. The van der Waals surface area contributed by atoms with Crippen LogP contribution in [0.2, 0.25) is 0 Å². The van der Waals surface area contributed by atoms with Gasteiger partial charge in [-0.05, 0) is 31.1 Å². The van der Waals surface area contributed by atoms with Gasteiger partial charge in [0.15, 0.2) is 5.96 Å². The number of carbonyl (C=O) groups is 1. The van der Waals surface area contributed by atoms with Gasteiger partial charge in [0.2, 0.25) is 5.91 Å². The van der Waals surface area contributed by atoms with E-state index in [0.717, 1.165) is 28.7 Å². The normalized spacial score (nSPS) is 22.9. The molecular formula is C23H32N6O. The molecule has 0 spiro atoms. The molecule has 2 N–H and O–H groups in total. The highest BCUT2D eigenvalue weighted by molar-refractivity contribution is 5.86. The number of hydrogen-bond donors (Lipinski definition) is 2. The molecule has 160 valence electrons. The topological polar surface area (TPSA) is 74.5 Å². The van der Waals surface area contributed by atoms with Gasteiger partial charge < -0.3 is 15.5 Å². The molecule has 7 heteroatoms. The zero-order valence-electron chi connectivity index (χ0n) is 18.1. The van der Waals surface area contributed by atoms with Crippen LogP contribution in [0.1, 0.15) is 31.2 Å². The summed E-state index contributed by atoms with van der Waals surface area (Å²) < 4.78 is 1.83. The molecule has 0 aliphatic heterocycles. The summed E-state index contributed by atoms with van der Waals surface area (Å²) in [5, 5.41) is 11.5. The molecular weight excluding hydrogens is 376 g/mol. The number of nitrogens with zero attached hydrogens (tertiary/aromatic N) is 4. The van der Waals surface area contributed by atoms with E-state index in [1.807, 2.05) is 36.1 Å². The largest absolute Gasteiger partial charge is 0.353 e. The monoisotopic (exact) mass is 408 g/mol. The number of guanidine groups is 1. The molecule has 0 saturated heterocycles. The maximum Gasteiger partial charge on any atom is 0.241 e. The predicted molar refractivity (Wildman–Crippen MR) is 119 cm³/mol. The zero-order valence-corrected chi connectivity index (χ0v) is 18.1. The highest BCUT2D eigenvalue weighted by Gasteiger charge is 2.39. The van der Waals surface area contributed by atoms with Crippen molar-refractivity contribution < 1.29 is 4.79 Å². The first-order valence-electron chi connectivity index (χ1n) is 10.8. The van der Waals surface area contributed by atoms with Crippen LogP contribution >= 0.6 is 0 Å². The Bertz CT molecular complexity index is 904. The molecule has 4 rings (SSSR count). The van der Waals surface area contributed by atoms with E-state index in [-0.39, 0.29) is 12.5 Å². The van der Waals surface area contributed by atoms with E-state index in [0.29, 0.717) is 18.5 Å². The Morgan fingerprint density at radius 3 is 2.70 bits per heavy atom. The van der Waals surface area contributed by atoms with Gasteiger partial charge in [0.1, 0.15) is 0 Å². The lowest BCUT2D eigenvalue weighted by atomic mass is 9.95. The molecule has 1 aromatic carbocycles. The summed E-state index contributed by atoms with van der Waals surface area (Å²) in [4.78, 5) is 18.5. The van der Waals surface area contributed by atoms with Crippen molar-refractivity contribution >= 4 is 11.9 Å². The number of fused-ring (bicyclic) bond motifs is 2. The molecule has 3 atom stereocenters. The maximum absolute atomic E-state index is 12.1. The van der Waals surface area contributed by atoms with Gasteiger partial charge in [-0.15, -0.1) is 0 Å². The molecule has 0 radical (unpaired) electrons. The van der Waals surface area contributed by atoms with E-state index in [4.69, 9.17) is 4.99 Å². The van der Waals surface area contributed by atoms with E-state index in [9.17, 15) is 4.79 Å². The number of aromatic nitrogens is 2. The van der Waals surface area contributed by atoms with Gasteiger partial charge in [-0.2, -0.15) is 5.10 Å². The highest BCUT2D eigenvalue weighted by Crippen LogP contribution is 2.44. The van der Waals surface area contributed by atoms with Gasteiger partial charge >= 0.3 is 0 Å². The van der Waals surface area contributed by atoms with Crippen molar-refractivity contribution in [1.82, 2.24) is 25.3 Å². The van der Waals surface area contributed by atoms with Crippen LogP contribution in [-0.2, 0) is 18.4 Å². The molecule has 30 heavy (non-hydrogen) atoms. The summed E-state index contributed by atoms with van der Waals surface area (Å²) in [6.45, 7) is 0.739. The number of likely N-dealkylation sites (N-methyl/N-ethyl adjacent to an activating group) is 1. The van der Waals surface area contributed by atoms with Gasteiger partial charge in [0.25, 0.3) is 0 Å². The fraction of sp³-hybridized carbons (Fsp3) is 0.522. The summed E-state index contributed by atoms with van der Waals surface area (Å²) in [5.41, 5.74) is 3.10. The summed E-state index contributed by atoms with van der Waals surface area (Å²) in [6.07, 6.45) is 7.20. The van der Waals surface area contributed by atoms with Crippen molar-refractivity contribution in [3.63, 3.8) is 0 Å². The molecule has 2 bridgehead atoms. The van der Waals surface area contributed by atoms with Crippen molar-refractivity contribution in [3.05, 3.63) is 42.1 Å². The second-order valence-corrected chi connectivity index (χ2v) is 8.77. The number of rotatable bonds is 6. The third-order valence-electron chi connectivity index (χ3n) is 6.33. The summed E-state index contributed by atoms with van der Waals surface area (Å²) in [6, 6.07) is 10.6. The Labute approximate surface area is 178 Å². The molecule has 1 heterocycles. The van der Waals surface area contributed by atoms with Crippen molar-refractivity contribution in [2.24, 2.45) is 23.9 Å². The summed E-state index contributed by atoms with van der Waals surface area (Å²) in [7, 11) is 5.47. The molecule has 2 aromatic rings. The molecule has 1 amide bonds. The van der Waals surface area contributed by atoms with Crippen LogP contribution in [0.5, 0.6) is 0 Å². The van der Waals surface area contributed by atoms with Crippen molar-refractivity contribution in [3.8, 4) is 11.3 Å². The zero-order chi connectivity index (χ0) is 21.1. The van der Waals surface area contributed by atoms with Crippen molar-refractivity contribution in [1.29, 1.82) is 0 Å². The first-order valence-corrected chi connectivity index (χ1v) is 10.8. The van der Waals surface area contributed by atoms with E-state index in [1.165, 1.54) is 25.7 Å². The molecule has 3 unspecified atom stereocenters. The fourth-order valence-corrected chi connectivity index (χ4v) is 4.72. The average Bonchev–Trinajstić information content (AvgIpc) is 3.46. The molecule has 1 aromatic heterocycles. The standard InChI is InChI=1S/C23H32N6O/c1-28(2)21(30)14-25-23(26-20-12-16-9-10-18(20)11-16)24-13-19-15-29(3)27-22(19)17-7-5-4-6-8-17/h4-8,15-16,18,20H,9-14H2,1-3H3,(H2,24,25,26). The Kier molecular flexibility index (Phi) is 6.06. The quantitative estimate of drug-likeness (QED) is 0.569. The first-order chi connectivity index (χ1) is 14.5. The van der Waals surface area contributed by atoms with E-state index in [1.54, 1.807) is 19.0 Å². The molecule has 2 fully saturated rings. The van der Waals surface area contributed by atoms with Crippen molar-refractivity contribution in [2.75, 3.05) is 20.6 Å². The fourth-order valence-electron chi connectivity index (χ4n) is 4.72. The van der Waals surface area contributed by atoms with Crippen LogP contribution in [0, 0.1) is 11.8 Å². The number of amides is 1. The Balaban J connectivity index is 1.51. The third kappa shape index (κ3) is 4.66. The number of aryl methyl sites for hydroxylation is 1. The van der Waals surface area contributed by atoms with Crippen LogP contribution in [0.3, 0.4) is 0 Å². The van der Waals surface area contributed by atoms with Gasteiger partial charge in [-0.25, -0.2) is 4.99 Å². The lowest BCUT2D eigenvalue weighted by Gasteiger charge is -2.25. The van der Waals surface area contributed by atoms with Crippen molar-refractivity contribution in [2.45, 2.75) is 38.3 Å². The maximum atomic E-state index is 12.1. The highest BCUT2D eigenvalue weighted by atomic mass is 16.2. The van der Waals surface area contributed by atoms with Gasteiger partial charge in [-0.3, -0.25) is 9.48 Å². The van der Waals surface area contributed by atoms with E-state index < -0.39 is 0 Å². The smallest absolute Gasteiger partial charge is 0.241 e. The number of benzene rings is 1. The SMILES string of the molecule is CN(C)C(=O)CNC(=NCc1cn(C)nc1-c1ccccc1)NC1CC2CCC1C2. The second-order valence-electron chi connectivity index (χ2n) is 8.77. The van der Waals surface area contributed by atoms with Crippen LogP contribution in [0.15, 0.2) is 41.5 Å². The number of nitrogens with one attached hydrogen (secondary N) is 2. The van der Waals surface area contributed by atoms with E-state index >= 15 is 0 Å². The minimum Gasteiger partial charge on any atom is -0.353 e. The van der Waals surface area contributed by atoms with Crippen LogP contribution in [0.4, 0.5) is 0 Å². The van der Waals surface area contributed by atoms with Crippen LogP contribution in [-0.4, -0.2) is 53.2 Å². The van der Waals surface area contributed by atoms with Gasteiger partial charge in [0.05, 0.1) is 18.8 Å². The van der Waals surface area contributed by atoms with Gasteiger partial charge in [0, 0.05) is 44.5 Å².